The number of nitrogens with zero attached hydrogens (tertiary/aromatic N) is 1. The third-order valence-corrected chi connectivity index (χ3v) is 4.72. The van der Waals surface area contributed by atoms with Gasteiger partial charge in [-0.25, -0.2) is 0 Å². The Morgan fingerprint density at radius 3 is 2.38 bits per heavy atom. The van der Waals surface area contributed by atoms with Crippen LogP contribution in [0.25, 0.3) is 0 Å². The third-order valence-electron chi connectivity index (χ3n) is 4.72. The number of hydrogen-bond acceptors (Lipinski definition) is 2. The molecule has 2 rings (SSSR count). The van der Waals surface area contributed by atoms with Gasteiger partial charge in [0.15, 0.2) is 0 Å². The molecule has 0 aromatic rings. The van der Waals surface area contributed by atoms with Gasteiger partial charge < -0.3 is 5.73 Å². The minimum absolute atomic E-state index is 0.363. The summed E-state index contributed by atoms with van der Waals surface area (Å²) in [4.78, 5) is 2.75. The summed E-state index contributed by atoms with van der Waals surface area (Å²) in [6, 6.07) is 0. The fourth-order valence-electron chi connectivity index (χ4n) is 3.78. The minimum Gasteiger partial charge on any atom is -0.329 e. The minimum atomic E-state index is 0.363. The van der Waals surface area contributed by atoms with Crippen molar-refractivity contribution in [1.82, 2.24) is 4.90 Å². The van der Waals surface area contributed by atoms with Crippen molar-refractivity contribution in [3.8, 4) is 0 Å². The summed E-state index contributed by atoms with van der Waals surface area (Å²) >= 11 is 0. The molecule has 1 saturated heterocycles. The Balaban J connectivity index is 2.05. The summed E-state index contributed by atoms with van der Waals surface area (Å²) in [6.45, 7) is 5.87. The lowest BCUT2D eigenvalue weighted by molar-refractivity contribution is 0.0419. The summed E-state index contributed by atoms with van der Waals surface area (Å²) in [5, 5.41) is 0. The largest absolute Gasteiger partial charge is 0.329 e. The molecule has 2 aliphatic rings. The number of hydrogen-bond donors (Lipinski definition) is 1. The van der Waals surface area contributed by atoms with Crippen LogP contribution < -0.4 is 5.73 Å². The quantitative estimate of drug-likeness (QED) is 0.781. The Morgan fingerprint density at radius 1 is 1.12 bits per heavy atom. The smallest absolute Gasteiger partial charge is 0.0334 e. The van der Waals surface area contributed by atoms with Gasteiger partial charge in [-0.3, -0.25) is 4.90 Å². The Hall–Kier alpha value is -0.0800. The molecule has 0 aromatic heterocycles. The Kier molecular flexibility index (Phi) is 4.26. The molecule has 2 heteroatoms. The normalized spacial score (nSPS) is 38.2. The highest BCUT2D eigenvalue weighted by atomic mass is 15.2. The molecule has 1 aliphatic heterocycles. The van der Waals surface area contributed by atoms with E-state index < -0.39 is 0 Å². The molecule has 1 saturated carbocycles. The lowest BCUT2D eigenvalue weighted by atomic mass is 9.75. The maximum Gasteiger partial charge on any atom is 0.0334 e. The van der Waals surface area contributed by atoms with Gasteiger partial charge in [-0.1, -0.05) is 32.6 Å². The van der Waals surface area contributed by atoms with Gasteiger partial charge in [0.05, 0.1) is 0 Å². The van der Waals surface area contributed by atoms with Gasteiger partial charge in [0.2, 0.25) is 0 Å². The first-order valence-electron chi connectivity index (χ1n) is 7.22. The van der Waals surface area contributed by atoms with Gasteiger partial charge in [-0.15, -0.1) is 0 Å². The fraction of sp³-hybridized carbons (Fsp3) is 1.00. The monoisotopic (exact) mass is 224 g/mol. The predicted molar refractivity (Wildman–Crippen MR) is 69.5 cm³/mol. The van der Waals surface area contributed by atoms with Crippen LogP contribution in [0, 0.1) is 5.92 Å². The van der Waals surface area contributed by atoms with Crippen molar-refractivity contribution in [1.29, 1.82) is 0 Å². The van der Waals surface area contributed by atoms with Crippen LogP contribution in [0.5, 0.6) is 0 Å². The standard InChI is InChI=1S/C14H28N2/c1-13-7-6-8-14(11-13,12-15)16-9-4-2-3-5-10-16/h13H,2-12,15H2,1H3. The molecular formula is C14H28N2. The van der Waals surface area contributed by atoms with Gasteiger partial charge in [0.25, 0.3) is 0 Å². The van der Waals surface area contributed by atoms with Crippen molar-refractivity contribution in [3.05, 3.63) is 0 Å². The van der Waals surface area contributed by atoms with E-state index in [1.165, 1.54) is 64.5 Å². The van der Waals surface area contributed by atoms with Gasteiger partial charge in [-0.2, -0.15) is 0 Å². The van der Waals surface area contributed by atoms with Crippen LogP contribution in [0.2, 0.25) is 0 Å². The molecule has 0 amide bonds. The molecule has 1 aliphatic carbocycles. The summed E-state index contributed by atoms with van der Waals surface area (Å²) in [5.41, 5.74) is 6.50. The van der Waals surface area contributed by atoms with E-state index in [1.54, 1.807) is 0 Å². The van der Waals surface area contributed by atoms with Crippen LogP contribution in [-0.2, 0) is 0 Å². The zero-order valence-electron chi connectivity index (χ0n) is 10.9. The second kappa shape index (κ2) is 5.50. The average molecular weight is 224 g/mol. The van der Waals surface area contributed by atoms with E-state index in [0.717, 1.165) is 12.5 Å². The summed E-state index contributed by atoms with van der Waals surface area (Å²) in [5.74, 6) is 0.876. The summed E-state index contributed by atoms with van der Waals surface area (Å²) in [6.07, 6.45) is 11.1. The van der Waals surface area contributed by atoms with Crippen molar-refractivity contribution in [2.75, 3.05) is 19.6 Å². The number of likely N-dealkylation sites (tertiary alicyclic amines) is 1. The van der Waals surface area contributed by atoms with E-state index >= 15 is 0 Å². The van der Waals surface area contributed by atoms with E-state index in [0.29, 0.717) is 5.54 Å². The number of nitrogens with two attached hydrogens (primary N) is 1. The van der Waals surface area contributed by atoms with Crippen LogP contribution >= 0.6 is 0 Å². The lowest BCUT2D eigenvalue weighted by Gasteiger charge is -2.47. The molecule has 2 N–H and O–H groups in total. The Morgan fingerprint density at radius 2 is 1.81 bits per heavy atom. The number of rotatable bonds is 2. The topological polar surface area (TPSA) is 29.3 Å². The molecule has 16 heavy (non-hydrogen) atoms. The van der Waals surface area contributed by atoms with Crippen molar-refractivity contribution in [2.45, 2.75) is 63.8 Å². The molecule has 0 bridgehead atoms. The molecule has 94 valence electrons. The highest BCUT2D eigenvalue weighted by Gasteiger charge is 2.38. The Bertz CT molecular complexity index is 209. The zero-order chi connectivity index (χ0) is 11.4. The summed E-state index contributed by atoms with van der Waals surface area (Å²) in [7, 11) is 0. The third kappa shape index (κ3) is 2.60. The molecule has 2 nitrogen and oxygen atoms in total. The second-order valence-electron chi connectivity index (χ2n) is 6.03. The van der Waals surface area contributed by atoms with E-state index in [2.05, 4.69) is 11.8 Å². The van der Waals surface area contributed by atoms with Crippen LogP contribution in [-0.4, -0.2) is 30.1 Å². The molecule has 0 aromatic carbocycles. The van der Waals surface area contributed by atoms with Crippen molar-refractivity contribution in [3.63, 3.8) is 0 Å². The van der Waals surface area contributed by atoms with E-state index in [-0.39, 0.29) is 0 Å². The molecule has 2 fully saturated rings. The maximum absolute atomic E-state index is 6.14. The van der Waals surface area contributed by atoms with Crippen LogP contribution in [0.1, 0.15) is 58.3 Å². The molecule has 2 atom stereocenters. The van der Waals surface area contributed by atoms with Gasteiger partial charge >= 0.3 is 0 Å². The Labute approximate surface area is 101 Å². The molecule has 0 radical (unpaired) electrons. The second-order valence-corrected chi connectivity index (χ2v) is 6.03. The van der Waals surface area contributed by atoms with Crippen LogP contribution in [0.4, 0.5) is 0 Å². The first kappa shape index (κ1) is 12.4. The summed E-state index contributed by atoms with van der Waals surface area (Å²) < 4.78 is 0. The fourth-order valence-corrected chi connectivity index (χ4v) is 3.78. The van der Waals surface area contributed by atoms with Crippen molar-refractivity contribution >= 4 is 0 Å². The molecular weight excluding hydrogens is 196 g/mol. The van der Waals surface area contributed by atoms with E-state index in [9.17, 15) is 0 Å². The SMILES string of the molecule is CC1CCCC(CN)(N2CCCCCC2)C1. The predicted octanol–water partition coefficient (Wildman–Crippen LogP) is 2.77. The van der Waals surface area contributed by atoms with Crippen LogP contribution in [0.15, 0.2) is 0 Å². The first-order valence-corrected chi connectivity index (χ1v) is 7.22. The zero-order valence-corrected chi connectivity index (χ0v) is 10.9. The van der Waals surface area contributed by atoms with E-state index in [1.807, 2.05) is 0 Å². The van der Waals surface area contributed by atoms with E-state index in [4.69, 9.17) is 5.73 Å². The lowest BCUT2D eigenvalue weighted by Crippen LogP contribution is -2.56. The van der Waals surface area contributed by atoms with Gasteiger partial charge in [0.1, 0.15) is 0 Å². The van der Waals surface area contributed by atoms with Crippen LogP contribution in [0.3, 0.4) is 0 Å². The molecule has 0 spiro atoms. The van der Waals surface area contributed by atoms with Gasteiger partial charge in [0, 0.05) is 12.1 Å². The maximum atomic E-state index is 6.14. The molecule has 1 heterocycles. The van der Waals surface area contributed by atoms with Gasteiger partial charge in [-0.05, 0) is 44.7 Å². The average Bonchev–Trinajstić information content (AvgIpc) is 2.57. The van der Waals surface area contributed by atoms with Crippen molar-refractivity contribution < 1.29 is 0 Å². The first-order chi connectivity index (χ1) is 7.77. The highest BCUT2D eigenvalue weighted by molar-refractivity contribution is 4.96. The highest BCUT2D eigenvalue weighted by Crippen LogP contribution is 2.37. The van der Waals surface area contributed by atoms with Crippen molar-refractivity contribution in [2.24, 2.45) is 11.7 Å². The molecule has 2 unspecified atom stereocenters.